The quantitative estimate of drug-likeness (QED) is 0.299. The second-order valence-corrected chi connectivity index (χ2v) is 10.3. The summed E-state index contributed by atoms with van der Waals surface area (Å²) in [6.45, 7) is 3.02. The summed E-state index contributed by atoms with van der Waals surface area (Å²) in [5, 5.41) is 11.9. The van der Waals surface area contributed by atoms with E-state index in [0.717, 1.165) is 12.1 Å². The molecule has 0 amide bonds. The van der Waals surface area contributed by atoms with Crippen molar-refractivity contribution < 1.29 is 27.4 Å². The lowest BCUT2D eigenvalue weighted by atomic mass is 9.72. The number of methoxy groups -OCH3 is 1. The lowest BCUT2D eigenvalue weighted by Crippen LogP contribution is -2.50. The first-order chi connectivity index (χ1) is 16.2. The molecule has 3 aromatic carbocycles. The van der Waals surface area contributed by atoms with E-state index < -0.39 is 35.9 Å². The van der Waals surface area contributed by atoms with Crippen LogP contribution in [0.1, 0.15) is 31.4 Å². The van der Waals surface area contributed by atoms with Crippen LogP contribution in [0.25, 0.3) is 11.1 Å². The van der Waals surface area contributed by atoms with Crippen molar-refractivity contribution in [1.29, 1.82) is 0 Å². The van der Waals surface area contributed by atoms with Gasteiger partial charge in [-0.05, 0) is 53.3 Å². The molecule has 35 heavy (non-hydrogen) atoms. The normalized spacial score (nSPS) is 14.0. The minimum Gasteiger partial charge on any atom is -0.496 e. The summed E-state index contributed by atoms with van der Waals surface area (Å²) in [4.78, 5) is 0. The number of rotatable bonds is 7. The van der Waals surface area contributed by atoms with Gasteiger partial charge in [0, 0.05) is 22.6 Å². The van der Waals surface area contributed by atoms with Gasteiger partial charge in [-0.2, -0.15) is 13.2 Å². The summed E-state index contributed by atoms with van der Waals surface area (Å²) >= 11 is 18.4. The van der Waals surface area contributed by atoms with Crippen LogP contribution in [0.2, 0.25) is 15.1 Å². The third-order valence-electron chi connectivity index (χ3n) is 5.90. The van der Waals surface area contributed by atoms with Crippen LogP contribution < -0.4 is 4.74 Å². The molecule has 1 N–H and O–H groups in total. The molecular weight excluding hydrogens is 527 g/mol. The highest BCUT2D eigenvalue weighted by Gasteiger charge is 2.56. The Balaban J connectivity index is 1.94. The molecule has 0 heterocycles. The lowest BCUT2D eigenvalue weighted by Gasteiger charge is -2.38. The monoisotopic (exact) mass is 548 g/mol. The van der Waals surface area contributed by atoms with E-state index in [2.05, 4.69) is 0 Å². The van der Waals surface area contributed by atoms with Gasteiger partial charge in [0.05, 0.1) is 17.2 Å². The van der Waals surface area contributed by atoms with Crippen LogP contribution in [0.5, 0.6) is 5.75 Å². The fourth-order valence-electron chi connectivity index (χ4n) is 4.24. The van der Waals surface area contributed by atoms with Crippen LogP contribution in [0.4, 0.5) is 17.6 Å². The average Bonchev–Trinajstić information content (AvgIpc) is 2.73. The van der Waals surface area contributed by atoms with Crippen molar-refractivity contribution in [2.24, 2.45) is 0 Å². The van der Waals surface area contributed by atoms with Crippen LogP contribution in [-0.2, 0) is 11.8 Å². The van der Waals surface area contributed by atoms with Gasteiger partial charge < -0.3 is 9.84 Å². The Morgan fingerprint density at radius 2 is 1.46 bits per heavy atom. The highest BCUT2D eigenvalue weighted by molar-refractivity contribution is 6.41. The number of hydrogen-bond acceptors (Lipinski definition) is 2. The van der Waals surface area contributed by atoms with Crippen molar-refractivity contribution in [3.05, 3.63) is 86.6 Å². The van der Waals surface area contributed by atoms with Crippen molar-refractivity contribution in [1.82, 2.24) is 0 Å². The van der Waals surface area contributed by atoms with Gasteiger partial charge in [0.1, 0.15) is 11.6 Å². The number of hydrogen-bond donors (Lipinski definition) is 1. The van der Waals surface area contributed by atoms with E-state index in [1.54, 1.807) is 12.1 Å². The van der Waals surface area contributed by atoms with Gasteiger partial charge in [0.25, 0.3) is 0 Å². The molecule has 0 saturated heterocycles. The molecule has 2 nitrogen and oxygen atoms in total. The topological polar surface area (TPSA) is 29.5 Å². The van der Waals surface area contributed by atoms with Gasteiger partial charge >= 0.3 is 6.18 Å². The molecule has 0 bridgehead atoms. The molecule has 0 aliphatic rings. The van der Waals surface area contributed by atoms with Gasteiger partial charge in [-0.1, -0.05) is 72.9 Å². The summed E-state index contributed by atoms with van der Waals surface area (Å²) in [6.07, 6.45) is -6.38. The maximum atomic E-state index is 14.2. The Hall–Kier alpha value is -1.99. The van der Waals surface area contributed by atoms with Crippen molar-refractivity contribution in [3.63, 3.8) is 0 Å². The molecule has 188 valence electrons. The van der Waals surface area contributed by atoms with Crippen molar-refractivity contribution in [3.8, 4) is 16.9 Å². The third kappa shape index (κ3) is 6.05. The summed E-state index contributed by atoms with van der Waals surface area (Å²) in [5.41, 5.74) is -2.82. The van der Waals surface area contributed by atoms with Gasteiger partial charge in [-0.3, -0.25) is 0 Å². The summed E-state index contributed by atoms with van der Waals surface area (Å²) in [6, 6.07) is 12.8. The molecular formula is C26H23Cl3F4O2. The maximum absolute atomic E-state index is 14.2. The minimum absolute atomic E-state index is 0.227. The Bertz CT molecular complexity index is 1190. The largest absolute Gasteiger partial charge is 0.496 e. The molecule has 0 saturated carbocycles. The van der Waals surface area contributed by atoms with Gasteiger partial charge in [0.15, 0.2) is 5.60 Å². The molecule has 0 radical (unpaired) electrons. The molecule has 3 rings (SSSR count). The Kier molecular flexibility index (Phi) is 8.02. The minimum atomic E-state index is -4.95. The zero-order chi connectivity index (χ0) is 26.2. The van der Waals surface area contributed by atoms with Gasteiger partial charge in [-0.25, -0.2) is 4.39 Å². The number of halogens is 7. The van der Waals surface area contributed by atoms with E-state index in [9.17, 15) is 22.7 Å². The van der Waals surface area contributed by atoms with Crippen LogP contribution in [0.15, 0.2) is 54.6 Å². The molecule has 0 aliphatic heterocycles. The molecule has 9 heteroatoms. The molecule has 0 aliphatic carbocycles. The van der Waals surface area contributed by atoms with E-state index >= 15 is 0 Å². The first-order valence-corrected chi connectivity index (χ1v) is 11.7. The van der Waals surface area contributed by atoms with Gasteiger partial charge in [0.2, 0.25) is 0 Å². The zero-order valence-electron chi connectivity index (χ0n) is 19.1. The fourth-order valence-corrected chi connectivity index (χ4v) is 5.28. The molecule has 0 fully saturated rings. The van der Waals surface area contributed by atoms with Crippen LogP contribution in [0.3, 0.4) is 0 Å². The number of aliphatic hydroxyl groups is 1. The Morgan fingerprint density at radius 1 is 0.886 bits per heavy atom. The second-order valence-electron chi connectivity index (χ2n) is 9.05. The SMILES string of the molecule is COc1ccc(F)cc1C(C)(C)CC(O)(Cc1ccc(-c2c(Cl)cc(Cl)cc2Cl)cc1)C(F)(F)F. The number of alkyl halides is 3. The predicted octanol–water partition coefficient (Wildman–Crippen LogP) is 8.67. The highest BCUT2D eigenvalue weighted by Crippen LogP contribution is 2.45. The molecule has 1 atom stereocenters. The smallest absolute Gasteiger partial charge is 0.417 e. The van der Waals surface area contributed by atoms with Crippen LogP contribution in [-0.4, -0.2) is 24.0 Å². The zero-order valence-corrected chi connectivity index (χ0v) is 21.4. The van der Waals surface area contributed by atoms with Crippen molar-refractivity contribution in [2.75, 3.05) is 7.11 Å². The second kappa shape index (κ2) is 10.2. The Labute approximate surface area is 216 Å². The van der Waals surface area contributed by atoms with E-state index in [0.29, 0.717) is 26.2 Å². The van der Waals surface area contributed by atoms with E-state index in [-0.39, 0.29) is 16.9 Å². The van der Waals surface area contributed by atoms with Crippen molar-refractivity contribution in [2.45, 2.75) is 43.9 Å². The first kappa shape index (κ1) is 27.6. The molecule has 0 aromatic heterocycles. The molecule has 1 unspecified atom stereocenters. The summed E-state index contributed by atoms with van der Waals surface area (Å²) < 4.78 is 61.7. The molecule has 0 spiro atoms. The van der Waals surface area contributed by atoms with Crippen LogP contribution >= 0.6 is 34.8 Å². The molecule has 3 aromatic rings. The number of ether oxygens (including phenoxy) is 1. The van der Waals surface area contributed by atoms with Crippen LogP contribution in [0, 0.1) is 5.82 Å². The van der Waals surface area contributed by atoms with Gasteiger partial charge in [-0.15, -0.1) is 0 Å². The maximum Gasteiger partial charge on any atom is 0.417 e. The summed E-state index contributed by atoms with van der Waals surface area (Å²) in [5.74, 6) is -0.374. The highest BCUT2D eigenvalue weighted by atomic mass is 35.5. The predicted molar refractivity (Wildman–Crippen MR) is 132 cm³/mol. The average molecular weight is 550 g/mol. The van der Waals surface area contributed by atoms with E-state index in [4.69, 9.17) is 39.5 Å². The van der Waals surface area contributed by atoms with E-state index in [1.807, 2.05) is 0 Å². The van der Waals surface area contributed by atoms with Crippen molar-refractivity contribution >= 4 is 34.8 Å². The third-order valence-corrected chi connectivity index (χ3v) is 6.71. The summed E-state index contributed by atoms with van der Waals surface area (Å²) in [7, 11) is 1.35. The first-order valence-electron chi connectivity index (χ1n) is 10.5. The Morgan fingerprint density at radius 3 is 1.97 bits per heavy atom. The lowest BCUT2D eigenvalue weighted by molar-refractivity contribution is -0.266. The fraction of sp³-hybridized carbons (Fsp3) is 0.308. The number of benzene rings is 3. The standard InChI is InChI=1S/C26H23Cl3F4O2/c1-24(2,19-12-18(30)8-9-22(19)35-3)14-25(34,26(31,32)33)13-15-4-6-16(7-5-15)23-20(28)10-17(27)11-21(23)29/h4-12,34H,13-14H2,1-3H3. The van der Waals surface area contributed by atoms with E-state index in [1.165, 1.54) is 51.3 Å².